The van der Waals surface area contributed by atoms with Crippen LogP contribution in [0.4, 0.5) is 0 Å². The van der Waals surface area contributed by atoms with Crippen LogP contribution < -0.4 is 59.1 Å². The third kappa shape index (κ3) is 4.21. The molecule has 114 valence electrons. The predicted octanol–water partition coefficient (Wildman–Crippen LogP) is -4.19. The van der Waals surface area contributed by atoms with E-state index in [4.69, 9.17) is 0 Å². The number of hydrogen-bond acceptors (Lipinski definition) is 6. The van der Waals surface area contributed by atoms with Gasteiger partial charge in [-0.05, 0) is 34.4 Å². The molecule has 24 heavy (non-hydrogen) atoms. The first-order valence-electron chi connectivity index (χ1n) is 6.05. The molecule has 0 unspecified atom stereocenters. The first kappa shape index (κ1) is 22.0. The van der Waals surface area contributed by atoms with Crippen LogP contribution in [-0.4, -0.2) is 25.9 Å². The van der Waals surface area contributed by atoms with E-state index >= 15 is 0 Å². The molecule has 0 heterocycles. The Kier molecular flexibility index (Phi) is 7.08. The van der Waals surface area contributed by atoms with E-state index in [1.54, 1.807) is 30.3 Å². The van der Waals surface area contributed by atoms with Gasteiger partial charge in [-0.2, -0.15) is 0 Å². The fourth-order valence-electron chi connectivity index (χ4n) is 2.42. The third-order valence-corrected chi connectivity index (χ3v) is 5.27. The monoisotopic (exact) mass is 382 g/mol. The Hall–Kier alpha value is 0.000000000000000888. The molecule has 0 aliphatic rings. The van der Waals surface area contributed by atoms with E-state index in [1.165, 1.54) is 12.1 Å². The van der Waals surface area contributed by atoms with Crippen molar-refractivity contribution in [3.05, 3.63) is 48.5 Å². The second kappa shape index (κ2) is 7.71. The minimum atomic E-state index is -5.14. The Morgan fingerprint density at radius 1 is 0.667 bits per heavy atom. The fraction of sp³-hybridized carbons (Fsp3) is 0. The van der Waals surface area contributed by atoms with Crippen molar-refractivity contribution >= 4 is 41.8 Å². The summed E-state index contributed by atoms with van der Waals surface area (Å²) < 4.78 is 68.2. The molecule has 0 saturated heterocycles. The van der Waals surface area contributed by atoms with Crippen LogP contribution in [-0.2, 0) is 20.2 Å². The number of rotatable bonds is 2. The second-order valence-electron chi connectivity index (χ2n) is 4.72. The molecule has 0 fully saturated rings. The summed E-state index contributed by atoms with van der Waals surface area (Å²) in [4.78, 5) is -2.02. The van der Waals surface area contributed by atoms with Gasteiger partial charge in [0.25, 0.3) is 0 Å². The number of fused-ring (bicyclic) bond motifs is 2. The van der Waals surface area contributed by atoms with Gasteiger partial charge in [-0.25, -0.2) is 16.8 Å². The van der Waals surface area contributed by atoms with Gasteiger partial charge in [0.2, 0.25) is 0 Å². The quantitative estimate of drug-likeness (QED) is 0.252. The fourth-order valence-corrected chi connectivity index (χ4v) is 4.37. The van der Waals surface area contributed by atoms with Gasteiger partial charge in [0.15, 0.2) is 0 Å². The van der Waals surface area contributed by atoms with E-state index in [0.29, 0.717) is 10.8 Å². The average molecular weight is 382 g/mol. The summed E-state index contributed by atoms with van der Waals surface area (Å²) in [6, 6.07) is 12.2. The van der Waals surface area contributed by atoms with Crippen LogP contribution in [0.2, 0.25) is 0 Å². The van der Waals surface area contributed by atoms with Crippen LogP contribution in [0.15, 0.2) is 58.3 Å². The maximum Gasteiger partial charge on any atom is 1.00 e. The molecule has 0 aliphatic carbocycles. The van der Waals surface area contributed by atoms with Crippen LogP contribution in [0.1, 0.15) is 0 Å². The van der Waals surface area contributed by atoms with Crippen molar-refractivity contribution < 1.29 is 85.1 Å². The summed E-state index contributed by atoms with van der Waals surface area (Å²) in [5, 5.41) is 1.70. The van der Waals surface area contributed by atoms with E-state index in [2.05, 4.69) is 0 Å². The van der Waals surface area contributed by atoms with Crippen LogP contribution in [0, 0.1) is 0 Å². The molecular formula is C14H8Na2O6S2. The molecular weight excluding hydrogens is 374 g/mol. The zero-order valence-corrected chi connectivity index (χ0v) is 18.5. The molecule has 0 aliphatic heterocycles. The predicted molar refractivity (Wildman–Crippen MR) is 77.4 cm³/mol. The van der Waals surface area contributed by atoms with Gasteiger partial charge in [-0.3, -0.25) is 0 Å². The molecule has 3 rings (SSSR count). The Morgan fingerprint density at radius 3 is 1.71 bits per heavy atom. The zero-order chi connectivity index (χ0) is 16.1. The van der Waals surface area contributed by atoms with Crippen molar-refractivity contribution in [1.29, 1.82) is 0 Å². The van der Waals surface area contributed by atoms with E-state index in [-0.39, 0.29) is 64.5 Å². The third-order valence-electron chi connectivity index (χ3n) is 3.32. The normalized spacial score (nSPS) is 11.8. The first-order chi connectivity index (χ1) is 10.2. The average Bonchev–Trinajstić information content (AvgIpc) is 2.41. The molecule has 10 heteroatoms. The van der Waals surface area contributed by atoms with Crippen molar-refractivity contribution in [2.24, 2.45) is 0 Å². The van der Waals surface area contributed by atoms with Crippen molar-refractivity contribution in [2.45, 2.75) is 9.79 Å². The minimum Gasteiger partial charge on any atom is -0.744 e. The van der Waals surface area contributed by atoms with Gasteiger partial charge in [0.05, 0.1) is 9.79 Å². The molecule has 0 bridgehead atoms. The van der Waals surface area contributed by atoms with E-state index in [1.807, 2.05) is 0 Å². The Bertz CT molecular complexity index is 1120. The van der Waals surface area contributed by atoms with Crippen LogP contribution >= 0.6 is 0 Å². The SMILES string of the molecule is O=S(=O)([O-])c1ccc2cc3ccccc3cc2c1S(=O)(=O)[O-].[Na+].[Na+]. The number of benzene rings is 3. The number of hydrogen-bond donors (Lipinski definition) is 0. The Balaban J connectivity index is 0.00000144. The summed E-state index contributed by atoms with van der Waals surface area (Å²) in [5.74, 6) is 0. The standard InChI is InChI=1S/C14H10O6S2.2Na/c15-21(16,17)13-6-5-11-7-9-3-1-2-4-10(9)8-12(11)14(13)22(18,19)20;;/h1-8H,(H,15,16,17)(H,18,19,20);;/q;2*+1/p-2. The van der Waals surface area contributed by atoms with E-state index in [0.717, 1.165) is 11.5 Å². The molecule has 0 N–H and O–H groups in total. The molecule has 0 spiro atoms. The maximum absolute atomic E-state index is 11.5. The summed E-state index contributed by atoms with van der Waals surface area (Å²) >= 11 is 0. The van der Waals surface area contributed by atoms with Gasteiger partial charge >= 0.3 is 59.1 Å². The van der Waals surface area contributed by atoms with Crippen molar-refractivity contribution in [2.75, 3.05) is 0 Å². The molecule has 3 aromatic rings. The summed E-state index contributed by atoms with van der Waals surface area (Å²) in [7, 11) is -10.2. The zero-order valence-electron chi connectivity index (χ0n) is 12.9. The van der Waals surface area contributed by atoms with Crippen molar-refractivity contribution in [3.8, 4) is 0 Å². The molecule has 0 aromatic heterocycles. The van der Waals surface area contributed by atoms with E-state index < -0.39 is 30.0 Å². The molecule has 3 aromatic carbocycles. The summed E-state index contributed by atoms with van der Waals surface area (Å²) in [6.45, 7) is 0. The molecule has 0 saturated carbocycles. The Labute approximate surface area is 183 Å². The van der Waals surface area contributed by atoms with Crippen LogP contribution in [0.25, 0.3) is 21.5 Å². The van der Waals surface area contributed by atoms with Gasteiger partial charge in [0.1, 0.15) is 20.2 Å². The van der Waals surface area contributed by atoms with Crippen LogP contribution in [0.5, 0.6) is 0 Å². The summed E-state index contributed by atoms with van der Waals surface area (Å²) in [5.41, 5.74) is 0. The first-order valence-corrected chi connectivity index (χ1v) is 8.87. The van der Waals surface area contributed by atoms with E-state index in [9.17, 15) is 25.9 Å². The van der Waals surface area contributed by atoms with Gasteiger partial charge in [-0.1, -0.05) is 30.3 Å². The van der Waals surface area contributed by atoms with Gasteiger partial charge < -0.3 is 9.11 Å². The van der Waals surface area contributed by atoms with Gasteiger partial charge in [-0.15, -0.1) is 0 Å². The minimum absolute atomic E-state index is 0. The van der Waals surface area contributed by atoms with Crippen molar-refractivity contribution in [1.82, 2.24) is 0 Å². The second-order valence-corrected chi connectivity index (χ2v) is 7.39. The molecule has 0 radical (unpaired) electrons. The molecule has 0 atom stereocenters. The molecule has 6 nitrogen and oxygen atoms in total. The van der Waals surface area contributed by atoms with Crippen LogP contribution in [0.3, 0.4) is 0 Å². The van der Waals surface area contributed by atoms with Gasteiger partial charge in [0, 0.05) is 5.39 Å². The maximum atomic E-state index is 11.5. The Morgan fingerprint density at radius 2 is 1.21 bits per heavy atom. The topological polar surface area (TPSA) is 114 Å². The largest absolute Gasteiger partial charge is 1.00 e. The smallest absolute Gasteiger partial charge is 0.744 e. The summed E-state index contributed by atoms with van der Waals surface area (Å²) in [6.07, 6.45) is 0. The van der Waals surface area contributed by atoms with Crippen molar-refractivity contribution in [3.63, 3.8) is 0 Å². The molecule has 0 amide bonds.